The lowest BCUT2D eigenvalue weighted by Gasteiger charge is -2.31. The van der Waals surface area contributed by atoms with Crippen molar-refractivity contribution in [2.45, 2.75) is 25.6 Å². The van der Waals surface area contributed by atoms with Gasteiger partial charge in [-0.05, 0) is 25.0 Å². The smallest absolute Gasteiger partial charge is 0.275 e. The van der Waals surface area contributed by atoms with Crippen molar-refractivity contribution in [1.82, 2.24) is 0 Å². The second kappa shape index (κ2) is 5.32. The molecule has 1 heterocycles. The predicted octanol–water partition coefficient (Wildman–Crippen LogP) is 1.05. The quantitative estimate of drug-likeness (QED) is 0.620. The van der Waals surface area contributed by atoms with Crippen LogP contribution in [0.2, 0.25) is 0 Å². The summed E-state index contributed by atoms with van der Waals surface area (Å²) < 4.78 is 0. The number of hydrogen-bond donors (Lipinski definition) is 2. The summed E-state index contributed by atoms with van der Waals surface area (Å²) in [7, 11) is 0. The van der Waals surface area contributed by atoms with E-state index in [1.807, 2.05) is 0 Å². The molecule has 98 valence electrons. The highest BCUT2D eigenvalue weighted by molar-refractivity contribution is 5.55. The molecule has 6 heteroatoms. The third-order valence-electron chi connectivity index (χ3n) is 3.26. The Kier molecular flexibility index (Phi) is 3.78. The first kappa shape index (κ1) is 12.8. The largest absolute Gasteiger partial charge is 0.393 e. The van der Waals surface area contributed by atoms with E-state index in [2.05, 4.69) is 4.90 Å². The molecule has 2 rings (SSSR count). The number of benzene rings is 1. The van der Waals surface area contributed by atoms with Crippen molar-refractivity contribution in [3.8, 4) is 0 Å². The van der Waals surface area contributed by atoms with Gasteiger partial charge >= 0.3 is 0 Å². The molecule has 0 unspecified atom stereocenters. The van der Waals surface area contributed by atoms with Crippen LogP contribution in [-0.2, 0) is 6.61 Å². The van der Waals surface area contributed by atoms with Crippen LogP contribution in [0.3, 0.4) is 0 Å². The number of hydrogen-bond acceptors (Lipinski definition) is 5. The van der Waals surface area contributed by atoms with Crippen LogP contribution < -0.4 is 4.90 Å². The molecule has 0 radical (unpaired) electrons. The Morgan fingerprint density at radius 3 is 2.61 bits per heavy atom. The lowest BCUT2D eigenvalue weighted by atomic mass is 10.1. The van der Waals surface area contributed by atoms with E-state index >= 15 is 0 Å². The lowest BCUT2D eigenvalue weighted by molar-refractivity contribution is -0.385. The Balaban J connectivity index is 2.22. The van der Waals surface area contributed by atoms with Gasteiger partial charge in [-0.15, -0.1) is 0 Å². The number of aliphatic hydroxyl groups excluding tert-OH is 2. The van der Waals surface area contributed by atoms with Gasteiger partial charge in [-0.2, -0.15) is 0 Å². The fraction of sp³-hybridized carbons (Fsp3) is 0.500. The minimum absolute atomic E-state index is 0.0571. The molecule has 0 saturated carbocycles. The van der Waals surface area contributed by atoms with Crippen LogP contribution in [0.1, 0.15) is 18.4 Å². The summed E-state index contributed by atoms with van der Waals surface area (Å²) in [4.78, 5) is 12.3. The van der Waals surface area contributed by atoms with Crippen LogP contribution in [-0.4, -0.2) is 34.3 Å². The van der Waals surface area contributed by atoms with E-state index in [4.69, 9.17) is 5.11 Å². The van der Waals surface area contributed by atoms with E-state index in [0.717, 1.165) is 18.8 Å². The van der Waals surface area contributed by atoms with E-state index in [1.165, 1.54) is 6.07 Å². The number of aliphatic hydroxyl groups is 2. The number of piperidine rings is 1. The molecule has 0 atom stereocenters. The van der Waals surface area contributed by atoms with Gasteiger partial charge in [0.25, 0.3) is 5.69 Å². The molecule has 6 nitrogen and oxygen atoms in total. The third-order valence-corrected chi connectivity index (χ3v) is 3.26. The standard InChI is InChI=1S/C12H16N2O4/c15-8-9-7-10(1-2-12(9)14(17)18)13-5-3-11(16)4-6-13/h1-2,7,11,15-16H,3-6,8H2. The molecular weight excluding hydrogens is 236 g/mol. The predicted molar refractivity (Wildman–Crippen MR) is 66.5 cm³/mol. The molecule has 18 heavy (non-hydrogen) atoms. The number of nitro benzene ring substituents is 1. The highest BCUT2D eigenvalue weighted by Gasteiger charge is 2.20. The van der Waals surface area contributed by atoms with E-state index in [-0.39, 0.29) is 18.4 Å². The summed E-state index contributed by atoms with van der Waals surface area (Å²) in [5, 5.41) is 29.4. The zero-order valence-electron chi connectivity index (χ0n) is 9.95. The molecule has 1 saturated heterocycles. The van der Waals surface area contributed by atoms with Gasteiger partial charge in [-0.3, -0.25) is 10.1 Å². The maximum Gasteiger partial charge on any atom is 0.275 e. The van der Waals surface area contributed by atoms with Crippen LogP contribution >= 0.6 is 0 Å². The van der Waals surface area contributed by atoms with Crippen molar-refractivity contribution in [2.24, 2.45) is 0 Å². The second-order valence-corrected chi connectivity index (χ2v) is 4.45. The van der Waals surface area contributed by atoms with Gasteiger partial charge in [0.2, 0.25) is 0 Å². The Morgan fingerprint density at radius 2 is 2.06 bits per heavy atom. The Hall–Kier alpha value is -1.66. The van der Waals surface area contributed by atoms with Crippen LogP contribution in [0.4, 0.5) is 11.4 Å². The van der Waals surface area contributed by atoms with Crippen LogP contribution in [0.5, 0.6) is 0 Å². The molecule has 0 spiro atoms. The summed E-state index contributed by atoms with van der Waals surface area (Å²) >= 11 is 0. The minimum atomic E-state index is -0.491. The third kappa shape index (κ3) is 2.60. The summed E-state index contributed by atoms with van der Waals surface area (Å²) in [5.41, 5.74) is 1.12. The van der Waals surface area contributed by atoms with E-state index in [9.17, 15) is 15.2 Å². The molecule has 0 amide bonds. The minimum Gasteiger partial charge on any atom is -0.393 e. The Labute approximate surface area is 105 Å². The molecule has 0 bridgehead atoms. The summed E-state index contributed by atoms with van der Waals surface area (Å²) in [6.45, 7) is 1.11. The van der Waals surface area contributed by atoms with Crippen LogP contribution in [0.15, 0.2) is 18.2 Å². The fourth-order valence-electron chi connectivity index (χ4n) is 2.20. The first-order valence-corrected chi connectivity index (χ1v) is 5.93. The van der Waals surface area contributed by atoms with Gasteiger partial charge in [-0.25, -0.2) is 0 Å². The number of rotatable bonds is 3. The van der Waals surface area contributed by atoms with Crippen LogP contribution in [0.25, 0.3) is 0 Å². The first-order chi connectivity index (χ1) is 8.61. The maximum atomic E-state index is 10.8. The van der Waals surface area contributed by atoms with Gasteiger partial charge in [0.1, 0.15) is 0 Å². The normalized spacial score (nSPS) is 16.9. The summed E-state index contributed by atoms with van der Waals surface area (Å²) in [6.07, 6.45) is 1.15. The Morgan fingerprint density at radius 1 is 1.39 bits per heavy atom. The van der Waals surface area contributed by atoms with E-state index in [1.54, 1.807) is 12.1 Å². The SMILES string of the molecule is O=[N+]([O-])c1ccc(N2CCC(O)CC2)cc1CO. The number of nitro groups is 1. The zero-order valence-corrected chi connectivity index (χ0v) is 9.95. The molecule has 1 aliphatic heterocycles. The number of nitrogens with zero attached hydrogens (tertiary/aromatic N) is 2. The molecule has 1 aromatic rings. The lowest BCUT2D eigenvalue weighted by Crippen LogP contribution is -2.35. The molecular formula is C12H16N2O4. The maximum absolute atomic E-state index is 10.8. The fourth-order valence-corrected chi connectivity index (χ4v) is 2.20. The highest BCUT2D eigenvalue weighted by Crippen LogP contribution is 2.27. The molecule has 1 aliphatic rings. The average molecular weight is 252 g/mol. The van der Waals surface area contributed by atoms with Gasteiger partial charge in [0.05, 0.1) is 23.2 Å². The topological polar surface area (TPSA) is 86.8 Å². The summed E-state index contributed by atoms with van der Waals surface area (Å²) in [6, 6.07) is 4.76. The molecule has 0 aliphatic carbocycles. The number of anilines is 1. The first-order valence-electron chi connectivity index (χ1n) is 5.93. The Bertz CT molecular complexity index is 442. The van der Waals surface area contributed by atoms with Crippen molar-refractivity contribution >= 4 is 11.4 Å². The van der Waals surface area contributed by atoms with E-state index in [0.29, 0.717) is 18.4 Å². The van der Waals surface area contributed by atoms with Crippen molar-refractivity contribution in [2.75, 3.05) is 18.0 Å². The molecule has 1 fully saturated rings. The average Bonchev–Trinajstić information content (AvgIpc) is 2.38. The highest BCUT2D eigenvalue weighted by atomic mass is 16.6. The van der Waals surface area contributed by atoms with Gasteiger partial charge in [-0.1, -0.05) is 0 Å². The molecule has 0 aromatic heterocycles. The monoisotopic (exact) mass is 252 g/mol. The molecule has 1 aromatic carbocycles. The van der Waals surface area contributed by atoms with Crippen molar-refractivity contribution in [3.63, 3.8) is 0 Å². The zero-order chi connectivity index (χ0) is 13.1. The van der Waals surface area contributed by atoms with E-state index < -0.39 is 4.92 Å². The van der Waals surface area contributed by atoms with Gasteiger partial charge in [0, 0.05) is 24.8 Å². The molecule has 2 N–H and O–H groups in total. The van der Waals surface area contributed by atoms with Crippen molar-refractivity contribution in [1.29, 1.82) is 0 Å². The summed E-state index contributed by atoms with van der Waals surface area (Å²) in [5.74, 6) is 0. The van der Waals surface area contributed by atoms with Crippen molar-refractivity contribution < 1.29 is 15.1 Å². The second-order valence-electron chi connectivity index (χ2n) is 4.45. The van der Waals surface area contributed by atoms with Crippen molar-refractivity contribution in [3.05, 3.63) is 33.9 Å². The van der Waals surface area contributed by atoms with Crippen LogP contribution in [0, 0.1) is 10.1 Å². The van der Waals surface area contributed by atoms with Gasteiger partial charge in [0.15, 0.2) is 0 Å². The van der Waals surface area contributed by atoms with Gasteiger partial charge < -0.3 is 15.1 Å².